The molecule has 312 valence electrons. The summed E-state index contributed by atoms with van der Waals surface area (Å²) in [6.07, 6.45) is 12.0. The van der Waals surface area contributed by atoms with Gasteiger partial charge in [0.25, 0.3) is 0 Å². The first-order valence-corrected chi connectivity index (χ1v) is 22.1. The van der Waals surface area contributed by atoms with Gasteiger partial charge in [0.15, 0.2) is 5.78 Å². The number of ether oxygens (including phenoxy) is 1. The number of hydrogen-bond donors (Lipinski definition) is 2. The van der Waals surface area contributed by atoms with E-state index in [-0.39, 0.29) is 46.0 Å². The Morgan fingerprint density at radius 1 is 1.02 bits per heavy atom. The number of esters is 1. The minimum Gasteiger partial charge on any atom is -0.481 e. The Labute approximate surface area is 345 Å². The second-order valence-electron chi connectivity index (χ2n) is 20.9. The summed E-state index contributed by atoms with van der Waals surface area (Å²) in [7, 11) is 1.98. The fraction of sp³-hybridized carbons (Fsp3) is 0.723. The van der Waals surface area contributed by atoms with Gasteiger partial charge in [-0.3, -0.25) is 24.4 Å². The van der Waals surface area contributed by atoms with E-state index in [0.29, 0.717) is 35.6 Å². The number of fused-ring (bicyclic) bond motifs is 7. The Morgan fingerprint density at radius 2 is 1.75 bits per heavy atom. The number of pyridine rings is 1. The average molecular weight is 804 g/mol. The molecule has 57 heavy (non-hydrogen) atoms. The molecule has 0 amide bonds. The van der Waals surface area contributed by atoms with Crippen LogP contribution in [-0.2, 0) is 19.1 Å². The fourth-order valence-corrected chi connectivity index (χ4v) is 14.0. The van der Waals surface area contributed by atoms with E-state index in [4.69, 9.17) is 26.3 Å². The third-order valence-electron chi connectivity index (χ3n) is 16.9. The van der Waals surface area contributed by atoms with Crippen molar-refractivity contribution in [1.29, 1.82) is 0 Å². The molecule has 0 spiro atoms. The number of halogens is 1. The van der Waals surface area contributed by atoms with Crippen LogP contribution in [-0.4, -0.2) is 71.3 Å². The summed E-state index contributed by atoms with van der Waals surface area (Å²) in [4.78, 5) is 52.1. The van der Waals surface area contributed by atoms with Crippen LogP contribution in [0.25, 0.3) is 5.70 Å². The summed E-state index contributed by atoms with van der Waals surface area (Å²) in [5.74, 6) is 1.19. The zero-order chi connectivity index (χ0) is 41.5. The molecular formula is C47H67ClN4O5. The summed E-state index contributed by atoms with van der Waals surface area (Å²) in [6, 6.07) is 3.89. The van der Waals surface area contributed by atoms with E-state index in [2.05, 4.69) is 64.8 Å². The number of nitrogens with one attached hydrogen (secondary N) is 1. The molecule has 5 aliphatic carbocycles. The van der Waals surface area contributed by atoms with Gasteiger partial charge in [-0.05, 0) is 142 Å². The van der Waals surface area contributed by atoms with Crippen molar-refractivity contribution in [1.82, 2.24) is 15.2 Å². The van der Waals surface area contributed by atoms with E-state index in [1.807, 2.05) is 19.2 Å². The molecule has 7 rings (SSSR count). The Hall–Kier alpha value is -3.04. The van der Waals surface area contributed by atoms with Crippen LogP contribution in [0.4, 0.5) is 0 Å². The summed E-state index contributed by atoms with van der Waals surface area (Å²) < 4.78 is 6.21. The summed E-state index contributed by atoms with van der Waals surface area (Å²) in [5, 5.41) is 13.6. The number of Topliss-reactive ketones (excluding diaryl/α,β-unsaturated/α-hetero) is 1. The molecular weight excluding hydrogens is 736 g/mol. The monoisotopic (exact) mass is 802 g/mol. The molecule has 1 aliphatic heterocycles. The van der Waals surface area contributed by atoms with Crippen LogP contribution >= 0.6 is 11.6 Å². The van der Waals surface area contributed by atoms with Gasteiger partial charge in [0.05, 0.1) is 40.2 Å². The van der Waals surface area contributed by atoms with Crippen molar-refractivity contribution in [3.05, 3.63) is 46.3 Å². The highest BCUT2D eigenvalue weighted by Crippen LogP contribution is 2.77. The largest absolute Gasteiger partial charge is 0.481 e. The van der Waals surface area contributed by atoms with Gasteiger partial charge in [-0.1, -0.05) is 60.1 Å². The molecule has 4 fully saturated rings. The number of carbonyl (C=O) groups excluding carboxylic acids is 2. The number of hydrogen-bond acceptors (Lipinski definition) is 8. The maximum Gasteiger partial charge on any atom is 0.309 e. The highest BCUT2D eigenvalue weighted by molar-refractivity contribution is 6.30. The van der Waals surface area contributed by atoms with Crippen molar-refractivity contribution in [3.63, 3.8) is 0 Å². The van der Waals surface area contributed by atoms with Crippen LogP contribution in [0, 0.1) is 56.2 Å². The first kappa shape index (κ1) is 42.1. The third-order valence-corrected chi connectivity index (χ3v) is 17.1. The number of nitrogens with zero attached hydrogens (tertiary/aromatic N) is 3. The number of aliphatic imine (C=N–C) groups is 1. The van der Waals surface area contributed by atoms with Crippen molar-refractivity contribution in [2.75, 3.05) is 26.7 Å². The quantitative estimate of drug-likeness (QED) is 0.225. The van der Waals surface area contributed by atoms with E-state index in [1.165, 1.54) is 5.57 Å². The fourth-order valence-electron chi connectivity index (χ4n) is 13.9. The van der Waals surface area contributed by atoms with Gasteiger partial charge < -0.3 is 20.1 Å². The lowest BCUT2D eigenvalue weighted by Crippen LogP contribution is -2.66. The van der Waals surface area contributed by atoms with Crippen LogP contribution in [0.5, 0.6) is 0 Å². The maximum atomic E-state index is 14.6. The van der Waals surface area contributed by atoms with Gasteiger partial charge in [0, 0.05) is 31.1 Å². The molecule has 9 nitrogen and oxygen atoms in total. The van der Waals surface area contributed by atoms with Crippen LogP contribution in [0.15, 0.2) is 40.5 Å². The van der Waals surface area contributed by atoms with Crippen molar-refractivity contribution in [3.8, 4) is 0 Å². The third kappa shape index (κ3) is 6.46. The summed E-state index contributed by atoms with van der Waals surface area (Å²) in [6.45, 7) is 21.9. The lowest BCUT2D eigenvalue weighted by atomic mass is 9.33. The van der Waals surface area contributed by atoms with Gasteiger partial charge in [-0.15, -0.1) is 0 Å². The molecule has 4 saturated carbocycles. The van der Waals surface area contributed by atoms with Crippen LogP contribution in [0.3, 0.4) is 0 Å². The van der Waals surface area contributed by atoms with Crippen LogP contribution in [0.2, 0.25) is 5.02 Å². The van der Waals surface area contributed by atoms with Crippen molar-refractivity contribution in [2.24, 2.45) is 61.2 Å². The average Bonchev–Trinajstić information content (AvgIpc) is 3.45. The molecule has 10 heteroatoms. The summed E-state index contributed by atoms with van der Waals surface area (Å²) in [5.41, 5.74) is 2.59. The number of carbonyl (C=O) groups is 3. The molecule has 0 radical (unpaired) electrons. The van der Waals surface area contributed by atoms with Gasteiger partial charge in [0.1, 0.15) is 11.9 Å². The second kappa shape index (κ2) is 14.6. The van der Waals surface area contributed by atoms with Crippen molar-refractivity contribution < 1.29 is 24.2 Å². The SMILES string of the molecule is CNCCN1C(c2ccc(Cl)cn2)=CCN=C1[C@@]12CC[C@]3(C)C(CC[C@@H]4[C@@]5(C)CC[C@H](OC(=O)CC(C)(C)C(=O)O)C(C)(C)[C@@H]5CC[C@]43C)C1=C(C(C)C)C(=O)C2. The molecule has 0 bridgehead atoms. The lowest BCUT2D eigenvalue weighted by Gasteiger charge is -2.72. The predicted molar refractivity (Wildman–Crippen MR) is 226 cm³/mol. The Bertz CT molecular complexity index is 1900. The van der Waals surface area contributed by atoms with Crippen LogP contribution in [0.1, 0.15) is 132 Å². The van der Waals surface area contributed by atoms with Crippen molar-refractivity contribution >= 4 is 40.9 Å². The van der Waals surface area contributed by atoms with E-state index >= 15 is 0 Å². The zero-order valence-corrected chi connectivity index (χ0v) is 36.9. The highest BCUT2D eigenvalue weighted by atomic mass is 35.5. The normalized spacial score (nSPS) is 36.1. The predicted octanol–water partition coefficient (Wildman–Crippen LogP) is 9.40. The second-order valence-corrected chi connectivity index (χ2v) is 21.3. The molecule has 1 aromatic rings. The summed E-state index contributed by atoms with van der Waals surface area (Å²) >= 11 is 6.30. The maximum absolute atomic E-state index is 14.6. The highest BCUT2D eigenvalue weighted by Gasteiger charge is 2.71. The van der Waals surface area contributed by atoms with E-state index in [1.54, 1.807) is 20.0 Å². The number of amidine groups is 1. The molecule has 2 N–H and O–H groups in total. The van der Waals surface area contributed by atoms with E-state index < -0.39 is 22.8 Å². The molecule has 1 aromatic heterocycles. The standard InChI is InChI=1S/C47H67ClN4O5/c1-28(2)38-33(53)25-47(40-50-22-17-32(52(40)24-23-49-10)31-13-11-29(48)27-51-31)21-20-45(8)30(39(38)47)12-14-35-44(7)18-16-36(57-37(54)26-42(3,4)41(55)56)43(5,6)34(44)15-19-46(35,45)9/h11,13,17,27-28,30,34-36,49H,12,14-16,18-26H2,1-10H3,(H,55,56)/t30?,34-,35+,36-,44-,45+,46+,47+/m0/s1. The first-order valence-electron chi connectivity index (χ1n) is 21.7. The van der Waals surface area contributed by atoms with Gasteiger partial charge in [-0.25, -0.2) is 0 Å². The number of rotatable bonds is 10. The van der Waals surface area contributed by atoms with Gasteiger partial charge in [0.2, 0.25) is 0 Å². The van der Waals surface area contributed by atoms with E-state index in [9.17, 15) is 19.5 Å². The van der Waals surface area contributed by atoms with Gasteiger partial charge >= 0.3 is 11.9 Å². The molecule has 0 saturated heterocycles. The Kier molecular flexibility index (Phi) is 10.8. The van der Waals surface area contributed by atoms with Gasteiger partial charge in [-0.2, -0.15) is 0 Å². The minimum absolute atomic E-state index is 0.00913. The Morgan fingerprint density at radius 3 is 2.40 bits per heavy atom. The lowest BCUT2D eigenvalue weighted by molar-refractivity contribution is -0.232. The number of carboxylic acid groups (broad SMARTS) is 1. The molecule has 6 aliphatic rings. The molecule has 1 unspecified atom stereocenters. The number of aliphatic carboxylic acids is 1. The number of likely N-dealkylation sites (N-methyl/N-ethyl adjacent to an activating group) is 1. The van der Waals surface area contributed by atoms with E-state index in [0.717, 1.165) is 87.3 Å². The number of allylic oxidation sites excluding steroid dienone is 1. The molecule has 2 heterocycles. The van der Waals surface area contributed by atoms with Crippen molar-refractivity contribution in [2.45, 2.75) is 133 Å². The topological polar surface area (TPSA) is 121 Å². The smallest absolute Gasteiger partial charge is 0.309 e. The molecule has 0 aromatic carbocycles. The number of ketones is 1. The number of aromatic nitrogens is 1. The minimum atomic E-state index is -1.17. The number of carboxylic acids is 1. The molecule has 8 atom stereocenters. The Balaban J connectivity index is 1.23. The zero-order valence-electron chi connectivity index (χ0n) is 36.2. The first-order chi connectivity index (χ1) is 26.7. The van der Waals surface area contributed by atoms with Crippen LogP contribution < -0.4 is 5.32 Å².